The number of amides is 1. The average molecular weight is 408 g/mol. The zero-order valence-electron chi connectivity index (χ0n) is 15.7. The minimum atomic E-state index is -0.295. The Hall–Kier alpha value is -3.32. The van der Waals surface area contributed by atoms with Crippen LogP contribution in [0.1, 0.15) is 33.5 Å². The third-order valence-corrected chi connectivity index (χ3v) is 5.48. The molecule has 0 radical (unpaired) electrons. The van der Waals surface area contributed by atoms with E-state index in [0.717, 1.165) is 22.7 Å². The van der Waals surface area contributed by atoms with E-state index in [2.05, 4.69) is 15.0 Å². The van der Waals surface area contributed by atoms with Crippen LogP contribution in [0.2, 0.25) is 5.02 Å². The van der Waals surface area contributed by atoms with Crippen molar-refractivity contribution in [1.29, 1.82) is 0 Å². The van der Waals surface area contributed by atoms with Crippen molar-refractivity contribution in [3.8, 4) is 5.75 Å². The Kier molecular flexibility index (Phi) is 4.24. The Balaban J connectivity index is 1.56. The number of hydrogen-bond acceptors (Lipinski definition) is 4. The number of rotatable bonds is 3. The van der Waals surface area contributed by atoms with Gasteiger partial charge in [-0.05, 0) is 29.8 Å². The van der Waals surface area contributed by atoms with E-state index in [4.69, 9.17) is 16.3 Å². The molecule has 146 valence electrons. The van der Waals surface area contributed by atoms with E-state index < -0.39 is 0 Å². The summed E-state index contributed by atoms with van der Waals surface area (Å²) in [4.78, 5) is 27.5. The molecule has 0 saturated carbocycles. The predicted molar refractivity (Wildman–Crippen MR) is 108 cm³/mol. The fraction of sp³-hybridized carbons (Fsp3) is 0.190. The van der Waals surface area contributed by atoms with Crippen LogP contribution in [-0.2, 0) is 6.42 Å². The summed E-state index contributed by atoms with van der Waals surface area (Å²) in [6.45, 7) is 0.569. The monoisotopic (exact) mass is 407 g/mol. The second-order valence-electron chi connectivity index (χ2n) is 6.93. The van der Waals surface area contributed by atoms with E-state index in [1.807, 2.05) is 29.2 Å². The molecule has 8 heteroatoms. The zero-order chi connectivity index (χ0) is 20.0. The number of halogens is 1. The second kappa shape index (κ2) is 6.93. The summed E-state index contributed by atoms with van der Waals surface area (Å²) < 4.78 is 7.04. The molecule has 5 rings (SSSR count). The van der Waals surface area contributed by atoms with Crippen LogP contribution in [0.3, 0.4) is 0 Å². The van der Waals surface area contributed by atoms with Crippen molar-refractivity contribution in [3.63, 3.8) is 0 Å². The van der Waals surface area contributed by atoms with Crippen molar-refractivity contribution < 1.29 is 9.53 Å². The van der Waals surface area contributed by atoms with E-state index >= 15 is 0 Å². The first kappa shape index (κ1) is 17.8. The highest BCUT2D eigenvalue weighted by Crippen LogP contribution is 2.35. The van der Waals surface area contributed by atoms with Crippen LogP contribution in [0.25, 0.3) is 5.65 Å². The summed E-state index contributed by atoms with van der Waals surface area (Å²) in [7, 11) is 1.63. The van der Waals surface area contributed by atoms with Gasteiger partial charge in [0.1, 0.15) is 23.1 Å². The molecule has 0 aliphatic carbocycles. The van der Waals surface area contributed by atoms with Crippen LogP contribution >= 0.6 is 11.6 Å². The molecule has 1 aliphatic rings. The van der Waals surface area contributed by atoms with E-state index in [1.54, 1.807) is 42.4 Å². The van der Waals surface area contributed by atoms with Crippen molar-refractivity contribution in [2.24, 2.45) is 0 Å². The number of pyridine rings is 1. The average Bonchev–Trinajstić information content (AvgIpc) is 3.39. The number of imidazole rings is 2. The van der Waals surface area contributed by atoms with E-state index in [0.29, 0.717) is 29.3 Å². The number of aromatic amines is 1. The fourth-order valence-electron chi connectivity index (χ4n) is 3.83. The van der Waals surface area contributed by atoms with Crippen molar-refractivity contribution in [2.45, 2.75) is 12.5 Å². The number of benzene rings is 1. The van der Waals surface area contributed by atoms with Gasteiger partial charge in [-0.15, -0.1) is 0 Å². The van der Waals surface area contributed by atoms with Crippen LogP contribution in [-0.4, -0.2) is 43.8 Å². The molecule has 3 aromatic heterocycles. The predicted octanol–water partition coefficient (Wildman–Crippen LogP) is 3.51. The van der Waals surface area contributed by atoms with Gasteiger partial charge in [0.2, 0.25) is 0 Å². The number of aromatic nitrogens is 4. The molecular weight excluding hydrogens is 390 g/mol. The summed E-state index contributed by atoms with van der Waals surface area (Å²) >= 11 is 6.06. The highest BCUT2D eigenvalue weighted by molar-refractivity contribution is 6.30. The highest BCUT2D eigenvalue weighted by Gasteiger charge is 2.35. The van der Waals surface area contributed by atoms with Gasteiger partial charge in [0.05, 0.1) is 24.2 Å². The van der Waals surface area contributed by atoms with Gasteiger partial charge in [-0.1, -0.05) is 23.7 Å². The molecule has 0 spiro atoms. The molecule has 1 amide bonds. The van der Waals surface area contributed by atoms with E-state index in [9.17, 15) is 4.79 Å². The van der Waals surface area contributed by atoms with Gasteiger partial charge in [-0.25, -0.2) is 9.97 Å². The lowest BCUT2D eigenvalue weighted by molar-refractivity contribution is 0.0685. The van der Waals surface area contributed by atoms with Crippen molar-refractivity contribution in [2.75, 3.05) is 13.7 Å². The summed E-state index contributed by atoms with van der Waals surface area (Å²) in [6, 6.07) is 11.0. The van der Waals surface area contributed by atoms with Gasteiger partial charge in [0, 0.05) is 31.1 Å². The Morgan fingerprint density at radius 3 is 2.83 bits per heavy atom. The highest BCUT2D eigenvalue weighted by atomic mass is 35.5. The molecule has 29 heavy (non-hydrogen) atoms. The molecule has 1 aliphatic heterocycles. The molecule has 0 saturated heterocycles. The first-order valence-electron chi connectivity index (χ1n) is 9.25. The Labute approximate surface area is 171 Å². The third-order valence-electron chi connectivity index (χ3n) is 5.25. The van der Waals surface area contributed by atoms with Crippen LogP contribution in [0.15, 0.2) is 55.1 Å². The molecule has 4 aromatic rings. The van der Waals surface area contributed by atoms with Gasteiger partial charge in [-0.3, -0.25) is 4.79 Å². The molecule has 1 aromatic carbocycles. The number of methoxy groups -OCH3 is 1. The minimum absolute atomic E-state index is 0.140. The molecular formula is C21H18ClN5O2. The lowest BCUT2D eigenvalue weighted by Crippen LogP contribution is -2.41. The van der Waals surface area contributed by atoms with Gasteiger partial charge in [-0.2, -0.15) is 0 Å². The lowest BCUT2D eigenvalue weighted by Gasteiger charge is -2.35. The number of carbonyl (C=O) groups is 1. The first-order chi connectivity index (χ1) is 14.1. The number of fused-ring (bicyclic) bond motifs is 2. The normalized spacial score (nSPS) is 16.1. The second-order valence-corrected chi connectivity index (χ2v) is 7.37. The number of H-pyrrole nitrogens is 1. The molecule has 1 atom stereocenters. The maximum absolute atomic E-state index is 13.4. The smallest absolute Gasteiger partial charge is 0.274 e. The van der Waals surface area contributed by atoms with Gasteiger partial charge in [0.25, 0.3) is 5.91 Å². The molecule has 0 bridgehead atoms. The third kappa shape index (κ3) is 3.03. The van der Waals surface area contributed by atoms with Crippen molar-refractivity contribution in [1.82, 2.24) is 24.3 Å². The Morgan fingerprint density at radius 2 is 2.03 bits per heavy atom. The van der Waals surface area contributed by atoms with Crippen molar-refractivity contribution >= 4 is 23.2 Å². The quantitative estimate of drug-likeness (QED) is 0.564. The first-order valence-corrected chi connectivity index (χ1v) is 9.63. The molecule has 7 nitrogen and oxygen atoms in total. The van der Waals surface area contributed by atoms with Crippen LogP contribution < -0.4 is 4.74 Å². The minimum Gasteiger partial charge on any atom is -0.497 e. The topological polar surface area (TPSA) is 75.5 Å². The van der Waals surface area contributed by atoms with Crippen LogP contribution in [0.5, 0.6) is 5.75 Å². The molecule has 1 N–H and O–H groups in total. The number of nitrogens with zero attached hydrogens (tertiary/aromatic N) is 4. The SMILES string of the molecule is COc1ccc([C@H]2c3nc[nH]c3CCN2C(=O)c2cn3cc(Cl)ccc3n2)cc1. The standard InChI is InChI=1S/C21H18ClN5O2/c1-29-15-5-2-13(3-6-15)20-19-16(23-12-24-19)8-9-27(20)21(28)17-11-26-10-14(22)4-7-18(26)25-17/h2-7,10-12,20H,8-9H2,1H3,(H,23,24)/t20-/m0/s1. The molecule has 4 heterocycles. The lowest BCUT2D eigenvalue weighted by atomic mass is 9.95. The number of carbonyl (C=O) groups excluding carboxylic acids is 1. The number of hydrogen-bond donors (Lipinski definition) is 1. The maximum Gasteiger partial charge on any atom is 0.274 e. The van der Waals surface area contributed by atoms with E-state index in [-0.39, 0.29) is 11.9 Å². The molecule has 0 unspecified atom stereocenters. The fourth-order valence-corrected chi connectivity index (χ4v) is 4.00. The van der Waals surface area contributed by atoms with Crippen molar-refractivity contribution in [3.05, 3.63) is 82.8 Å². The maximum atomic E-state index is 13.4. The largest absolute Gasteiger partial charge is 0.497 e. The summed E-state index contributed by atoms with van der Waals surface area (Å²) in [5, 5.41) is 0.587. The zero-order valence-corrected chi connectivity index (χ0v) is 16.4. The van der Waals surface area contributed by atoms with Gasteiger partial charge < -0.3 is 19.0 Å². The Morgan fingerprint density at radius 1 is 1.21 bits per heavy atom. The summed E-state index contributed by atoms with van der Waals surface area (Å²) in [5.74, 6) is 0.626. The summed E-state index contributed by atoms with van der Waals surface area (Å²) in [5.41, 5.74) is 3.94. The molecule has 0 fully saturated rings. The van der Waals surface area contributed by atoms with Crippen LogP contribution in [0.4, 0.5) is 0 Å². The number of ether oxygens (including phenoxy) is 1. The van der Waals surface area contributed by atoms with Crippen LogP contribution in [0, 0.1) is 0 Å². The summed E-state index contributed by atoms with van der Waals surface area (Å²) in [6.07, 6.45) is 5.85. The van der Waals surface area contributed by atoms with Gasteiger partial charge in [0.15, 0.2) is 0 Å². The number of nitrogens with one attached hydrogen (secondary N) is 1. The Bertz CT molecular complexity index is 1200. The van der Waals surface area contributed by atoms with Gasteiger partial charge >= 0.3 is 0 Å². The van der Waals surface area contributed by atoms with E-state index in [1.165, 1.54) is 0 Å².